The van der Waals surface area contributed by atoms with Gasteiger partial charge in [0.25, 0.3) is 0 Å². The highest BCUT2D eigenvalue weighted by molar-refractivity contribution is 7.80. The van der Waals surface area contributed by atoms with Crippen LogP contribution in [0.15, 0.2) is 35.5 Å². The second-order valence-corrected chi connectivity index (χ2v) is 13.8. The Kier molecular flexibility index (Phi) is 16.4. The van der Waals surface area contributed by atoms with E-state index in [4.69, 9.17) is 17.2 Å². The number of carboxylic acids is 1. The van der Waals surface area contributed by atoms with Gasteiger partial charge in [0.05, 0.1) is 6.61 Å². The Morgan fingerprint density at radius 1 is 0.981 bits per heavy atom. The van der Waals surface area contributed by atoms with E-state index in [1.54, 1.807) is 6.20 Å². The van der Waals surface area contributed by atoms with E-state index in [1.807, 2.05) is 38.1 Å². The fraction of sp³-hybridized carbons (Fsp3) is 0.559. The van der Waals surface area contributed by atoms with Gasteiger partial charge in [-0.3, -0.25) is 29.0 Å². The standard InChI is InChI=1S/C34H52N10O8S/c1-18(2)13-24(42-30(48)25(41-28(46)21(35)16-45)14-19-15-39-22-8-4-3-7-20(19)22)29(47)40-23(9-5-11-38-34(36)37)32(50)44-12-6-10-27(44)31(49)43-26(17-53)33(51)52/h3-4,7-8,15,18,21,23-27,39,45,53H,5-6,9-14,16-17,35H2,1-2H3,(H,40,47)(H,41,46)(H,42,48)(H,43,49)(H,51,52)(H4,36,37,38)/t21-,23-,24-,25-,26-,27-/m0/s1. The van der Waals surface area contributed by atoms with Crippen molar-refractivity contribution in [3.8, 4) is 0 Å². The maximum Gasteiger partial charge on any atom is 0.327 e. The summed E-state index contributed by atoms with van der Waals surface area (Å²) < 4.78 is 0. The third-order valence-corrected chi connectivity index (χ3v) is 9.17. The summed E-state index contributed by atoms with van der Waals surface area (Å²) in [7, 11) is 0. The van der Waals surface area contributed by atoms with Crippen LogP contribution in [0.25, 0.3) is 10.9 Å². The Balaban J connectivity index is 1.87. The molecule has 292 valence electrons. The van der Waals surface area contributed by atoms with E-state index in [0.29, 0.717) is 12.0 Å². The van der Waals surface area contributed by atoms with Gasteiger partial charge >= 0.3 is 5.97 Å². The predicted octanol–water partition coefficient (Wildman–Crippen LogP) is -1.93. The number of H-pyrrole nitrogens is 1. The van der Waals surface area contributed by atoms with Crippen LogP contribution in [0.4, 0.5) is 0 Å². The molecule has 0 saturated carbocycles. The van der Waals surface area contributed by atoms with Crippen LogP contribution in [-0.2, 0) is 35.2 Å². The minimum Gasteiger partial charge on any atom is -0.480 e. The number of guanidine groups is 1. The molecule has 2 heterocycles. The Labute approximate surface area is 312 Å². The highest BCUT2D eigenvalue weighted by Crippen LogP contribution is 2.22. The van der Waals surface area contributed by atoms with Crippen molar-refractivity contribution in [3.63, 3.8) is 0 Å². The Hall–Kier alpha value is -4.88. The van der Waals surface area contributed by atoms with Crippen molar-refractivity contribution in [1.29, 1.82) is 0 Å². The first-order chi connectivity index (χ1) is 25.2. The van der Waals surface area contributed by atoms with Crippen molar-refractivity contribution in [3.05, 3.63) is 36.0 Å². The number of carbonyl (C=O) groups excluding carboxylic acids is 5. The summed E-state index contributed by atoms with van der Waals surface area (Å²) in [5.74, 6) is -5.06. The number of likely N-dealkylation sites (tertiary alicyclic amines) is 1. The van der Waals surface area contributed by atoms with Crippen molar-refractivity contribution in [1.82, 2.24) is 31.2 Å². The molecule has 0 spiro atoms. The van der Waals surface area contributed by atoms with Gasteiger partial charge in [-0.15, -0.1) is 0 Å². The van der Waals surface area contributed by atoms with Crippen molar-refractivity contribution in [2.75, 3.05) is 25.4 Å². The maximum atomic E-state index is 14.0. The lowest BCUT2D eigenvalue weighted by molar-refractivity contribution is -0.144. The molecule has 0 unspecified atom stereocenters. The summed E-state index contributed by atoms with van der Waals surface area (Å²) >= 11 is 3.99. The number of carbonyl (C=O) groups is 6. The third-order valence-electron chi connectivity index (χ3n) is 8.80. The SMILES string of the molecule is CC(C)C[C@H](NC(=O)[C@H](Cc1c[nH]c2ccccc12)NC(=O)[C@@H](N)CO)C(=O)N[C@@H](CCCN=C(N)N)C(=O)N1CCC[C@H]1C(=O)N[C@@H](CS)C(=O)O. The molecule has 5 amide bonds. The molecule has 0 radical (unpaired) electrons. The number of aromatic amines is 1. The van der Waals surface area contributed by atoms with E-state index in [-0.39, 0.29) is 62.8 Å². The van der Waals surface area contributed by atoms with Gasteiger partial charge in [-0.1, -0.05) is 32.0 Å². The first-order valence-electron chi connectivity index (χ1n) is 17.5. The zero-order chi connectivity index (χ0) is 39.2. The van der Waals surface area contributed by atoms with E-state index in [0.717, 1.165) is 10.9 Å². The van der Waals surface area contributed by atoms with Crippen LogP contribution in [0.1, 0.15) is 51.5 Å². The molecule has 3 rings (SSSR count). The third kappa shape index (κ3) is 12.4. The number of aliphatic hydroxyl groups is 1. The summed E-state index contributed by atoms with van der Waals surface area (Å²) in [4.78, 5) is 87.7. The molecule has 6 atom stereocenters. The predicted molar refractivity (Wildman–Crippen MR) is 200 cm³/mol. The van der Waals surface area contributed by atoms with Gasteiger partial charge in [-0.2, -0.15) is 12.6 Å². The van der Waals surface area contributed by atoms with Crippen molar-refractivity contribution >= 4 is 65.0 Å². The molecule has 2 aromatic rings. The number of nitrogens with zero attached hydrogens (tertiary/aromatic N) is 2. The lowest BCUT2D eigenvalue weighted by atomic mass is 10.00. The number of amides is 5. The molecule has 1 aliphatic heterocycles. The summed E-state index contributed by atoms with van der Waals surface area (Å²) in [6.45, 7) is 3.37. The van der Waals surface area contributed by atoms with E-state index in [9.17, 15) is 39.0 Å². The summed E-state index contributed by atoms with van der Waals surface area (Å²) in [6.07, 6.45) is 2.98. The molecule has 0 bridgehead atoms. The smallest absolute Gasteiger partial charge is 0.327 e. The molecule has 1 aromatic carbocycles. The fourth-order valence-corrected chi connectivity index (χ4v) is 6.30. The number of para-hydroxylation sites is 1. The molecule has 0 aliphatic carbocycles. The van der Waals surface area contributed by atoms with Crippen molar-refractivity contribution < 1.29 is 39.0 Å². The molecule has 1 fully saturated rings. The van der Waals surface area contributed by atoms with E-state index in [1.165, 1.54) is 4.90 Å². The number of benzene rings is 1. The second-order valence-electron chi connectivity index (χ2n) is 13.4. The number of aliphatic imine (C=N–C) groups is 1. The van der Waals surface area contributed by atoms with Crippen LogP contribution >= 0.6 is 12.6 Å². The highest BCUT2D eigenvalue weighted by atomic mass is 32.1. The minimum absolute atomic E-state index is 0.0238. The number of hydrogen-bond acceptors (Lipinski definition) is 10. The maximum absolute atomic E-state index is 14.0. The van der Waals surface area contributed by atoms with Gasteiger partial charge in [-0.05, 0) is 49.7 Å². The van der Waals surface area contributed by atoms with Gasteiger partial charge in [-0.25, -0.2) is 4.79 Å². The van der Waals surface area contributed by atoms with Crippen LogP contribution in [0.2, 0.25) is 0 Å². The lowest BCUT2D eigenvalue weighted by Crippen LogP contribution is -2.59. The van der Waals surface area contributed by atoms with Gasteiger partial charge in [0.15, 0.2) is 5.96 Å². The Morgan fingerprint density at radius 3 is 2.28 bits per heavy atom. The van der Waals surface area contributed by atoms with Crippen LogP contribution in [-0.4, -0.2) is 123 Å². The summed E-state index contributed by atoms with van der Waals surface area (Å²) in [6, 6.07) is 0.337. The molecule has 53 heavy (non-hydrogen) atoms. The molecule has 1 saturated heterocycles. The van der Waals surface area contributed by atoms with Crippen LogP contribution in [0, 0.1) is 5.92 Å². The summed E-state index contributed by atoms with van der Waals surface area (Å²) in [5, 5.41) is 30.2. The minimum atomic E-state index is -1.29. The van der Waals surface area contributed by atoms with Crippen LogP contribution in [0.3, 0.4) is 0 Å². The number of aliphatic hydroxyl groups excluding tert-OH is 1. The number of thiol groups is 1. The topological polar surface area (TPSA) is 300 Å². The molecular formula is C34H52N10O8S. The molecule has 19 heteroatoms. The second kappa shape index (κ2) is 20.4. The number of fused-ring (bicyclic) bond motifs is 1. The normalized spacial score (nSPS) is 16.9. The first-order valence-corrected chi connectivity index (χ1v) is 18.1. The van der Waals surface area contributed by atoms with Crippen LogP contribution < -0.4 is 38.5 Å². The Morgan fingerprint density at radius 2 is 1.64 bits per heavy atom. The first kappa shape index (κ1) is 42.5. The number of nitrogens with one attached hydrogen (secondary N) is 5. The van der Waals surface area contributed by atoms with E-state index < -0.39 is 78.4 Å². The molecule has 13 N–H and O–H groups in total. The number of hydrogen-bond donors (Lipinski definition) is 11. The summed E-state index contributed by atoms with van der Waals surface area (Å²) in [5.41, 5.74) is 18.2. The average Bonchev–Trinajstić information content (AvgIpc) is 3.78. The van der Waals surface area contributed by atoms with E-state index >= 15 is 0 Å². The molecule has 18 nitrogen and oxygen atoms in total. The highest BCUT2D eigenvalue weighted by Gasteiger charge is 2.39. The van der Waals surface area contributed by atoms with Crippen LogP contribution in [0.5, 0.6) is 0 Å². The van der Waals surface area contributed by atoms with Gasteiger partial charge < -0.3 is 58.6 Å². The zero-order valence-electron chi connectivity index (χ0n) is 29.9. The lowest BCUT2D eigenvalue weighted by Gasteiger charge is -2.31. The van der Waals surface area contributed by atoms with Gasteiger partial charge in [0.1, 0.15) is 36.3 Å². The Bertz CT molecular complexity index is 1630. The number of aromatic nitrogens is 1. The molecular weight excluding hydrogens is 709 g/mol. The zero-order valence-corrected chi connectivity index (χ0v) is 30.8. The van der Waals surface area contributed by atoms with Gasteiger partial charge in [0.2, 0.25) is 29.5 Å². The number of rotatable bonds is 20. The largest absolute Gasteiger partial charge is 0.480 e. The fourth-order valence-electron chi connectivity index (χ4n) is 6.06. The number of aliphatic carboxylic acids is 1. The van der Waals surface area contributed by atoms with E-state index in [2.05, 4.69) is 43.9 Å². The number of carboxylic acid groups (broad SMARTS) is 1. The average molecular weight is 761 g/mol. The number of nitrogens with two attached hydrogens (primary N) is 3. The van der Waals surface area contributed by atoms with Crippen molar-refractivity contribution in [2.24, 2.45) is 28.1 Å². The quantitative estimate of drug-likeness (QED) is 0.0306. The molecule has 1 aromatic heterocycles. The monoisotopic (exact) mass is 760 g/mol. The van der Waals surface area contributed by atoms with Gasteiger partial charge in [0, 0.05) is 42.4 Å². The molecule has 1 aliphatic rings. The van der Waals surface area contributed by atoms with Crippen molar-refractivity contribution in [2.45, 2.75) is 88.6 Å².